The van der Waals surface area contributed by atoms with Crippen molar-refractivity contribution in [1.29, 1.82) is 0 Å². The molecule has 1 fully saturated rings. The number of carbonyl (C=O) groups excluding carboxylic acids is 1. The van der Waals surface area contributed by atoms with Crippen molar-refractivity contribution in [3.05, 3.63) is 42.5 Å². The van der Waals surface area contributed by atoms with Crippen molar-refractivity contribution >= 4 is 17.3 Å². The normalized spacial score (nSPS) is 13.8. The third-order valence-electron chi connectivity index (χ3n) is 5.12. The number of piperazine rings is 1. The second-order valence-corrected chi connectivity index (χ2v) is 6.78. The Kier molecular flexibility index (Phi) is 7.05. The molecule has 0 saturated carbocycles. The summed E-state index contributed by atoms with van der Waals surface area (Å²) in [6, 6.07) is 13.6. The van der Waals surface area contributed by atoms with Gasteiger partial charge in [-0.15, -0.1) is 0 Å². The van der Waals surface area contributed by atoms with Crippen LogP contribution in [0.1, 0.15) is 6.42 Å². The Morgan fingerprint density at radius 1 is 0.931 bits per heavy atom. The molecule has 7 heteroatoms. The summed E-state index contributed by atoms with van der Waals surface area (Å²) in [6.07, 6.45) is 0.426. The number of hydrogen-bond acceptors (Lipinski definition) is 6. The lowest BCUT2D eigenvalue weighted by Crippen LogP contribution is -2.49. The van der Waals surface area contributed by atoms with Crippen molar-refractivity contribution in [3.8, 4) is 17.2 Å². The minimum absolute atomic E-state index is 0.152. The van der Waals surface area contributed by atoms with Crippen LogP contribution in [0, 0.1) is 0 Å². The van der Waals surface area contributed by atoms with E-state index in [-0.39, 0.29) is 5.91 Å². The number of benzene rings is 2. The molecule has 3 rings (SSSR count). The van der Waals surface area contributed by atoms with Gasteiger partial charge in [-0.3, -0.25) is 4.79 Å². The van der Waals surface area contributed by atoms with Crippen LogP contribution < -0.4 is 24.4 Å². The molecule has 2 aromatic carbocycles. The largest absolute Gasteiger partial charge is 0.497 e. The number of para-hydroxylation sites is 2. The number of nitrogens with one attached hydrogen (secondary N) is 1. The molecule has 0 aliphatic carbocycles. The molecule has 0 atom stereocenters. The summed E-state index contributed by atoms with van der Waals surface area (Å²) in [7, 11) is 4.93. The van der Waals surface area contributed by atoms with Crippen molar-refractivity contribution in [1.82, 2.24) is 4.90 Å². The number of methoxy groups -OCH3 is 3. The van der Waals surface area contributed by atoms with Gasteiger partial charge in [-0.25, -0.2) is 0 Å². The number of hydrogen-bond donors (Lipinski definition) is 1. The van der Waals surface area contributed by atoms with E-state index < -0.39 is 0 Å². The van der Waals surface area contributed by atoms with E-state index in [9.17, 15) is 4.79 Å². The molecule has 2 aromatic rings. The number of anilines is 2. The van der Waals surface area contributed by atoms with Crippen LogP contribution in [-0.2, 0) is 4.79 Å². The second-order valence-electron chi connectivity index (χ2n) is 6.78. The maximum atomic E-state index is 12.6. The monoisotopic (exact) mass is 399 g/mol. The quantitative estimate of drug-likeness (QED) is 0.737. The second kappa shape index (κ2) is 9.91. The molecule has 156 valence electrons. The summed E-state index contributed by atoms with van der Waals surface area (Å²) in [5.74, 6) is 2.48. The Morgan fingerprint density at radius 3 is 2.34 bits per heavy atom. The Labute approximate surface area is 172 Å². The first-order valence-electron chi connectivity index (χ1n) is 9.78. The molecular weight excluding hydrogens is 370 g/mol. The molecule has 29 heavy (non-hydrogen) atoms. The first-order valence-corrected chi connectivity index (χ1v) is 9.78. The Balaban J connectivity index is 1.49. The molecule has 0 aromatic heterocycles. The van der Waals surface area contributed by atoms with Gasteiger partial charge in [0.2, 0.25) is 5.91 Å². The van der Waals surface area contributed by atoms with Gasteiger partial charge in [-0.2, -0.15) is 0 Å². The van der Waals surface area contributed by atoms with Crippen molar-refractivity contribution in [3.63, 3.8) is 0 Å². The van der Waals surface area contributed by atoms with Crippen LogP contribution in [0.15, 0.2) is 42.5 Å². The lowest BCUT2D eigenvalue weighted by atomic mass is 10.2. The highest BCUT2D eigenvalue weighted by Crippen LogP contribution is 2.29. The maximum Gasteiger partial charge on any atom is 0.224 e. The molecule has 7 nitrogen and oxygen atoms in total. The summed E-state index contributed by atoms with van der Waals surface area (Å²) in [5, 5.41) is 3.28. The van der Waals surface area contributed by atoms with E-state index in [4.69, 9.17) is 14.2 Å². The summed E-state index contributed by atoms with van der Waals surface area (Å²) < 4.78 is 16.1. The average molecular weight is 399 g/mol. The zero-order valence-electron chi connectivity index (χ0n) is 17.3. The minimum atomic E-state index is 0.152. The van der Waals surface area contributed by atoms with Gasteiger partial charge in [0.05, 0.1) is 32.7 Å². The smallest absolute Gasteiger partial charge is 0.224 e. The highest BCUT2D eigenvalue weighted by atomic mass is 16.5. The van der Waals surface area contributed by atoms with Gasteiger partial charge < -0.3 is 29.3 Å². The standard InChI is InChI=1S/C22H29N3O4/c1-27-17-8-9-20(28-2)18(16-17)23-11-10-22(26)25-14-12-24(13-15-25)19-6-4-5-7-21(19)29-3/h4-9,16,23H,10-15H2,1-3H3. The molecule has 1 N–H and O–H groups in total. The van der Waals surface area contributed by atoms with E-state index in [0.717, 1.165) is 41.7 Å². The van der Waals surface area contributed by atoms with Gasteiger partial charge in [-0.1, -0.05) is 12.1 Å². The lowest BCUT2D eigenvalue weighted by Gasteiger charge is -2.36. The van der Waals surface area contributed by atoms with Crippen molar-refractivity contribution < 1.29 is 19.0 Å². The fourth-order valence-electron chi connectivity index (χ4n) is 3.50. The summed E-state index contributed by atoms with van der Waals surface area (Å²) >= 11 is 0. The molecule has 0 spiro atoms. The van der Waals surface area contributed by atoms with Crippen LogP contribution in [-0.4, -0.2) is 64.9 Å². The Morgan fingerprint density at radius 2 is 1.66 bits per heavy atom. The van der Waals surface area contributed by atoms with Crippen LogP contribution >= 0.6 is 0 Å². The number of amides is 1. The summed E-state index contributed by atoms with van der Waals surface area (Å²) in [4.78, 5) is 16.8. The van der Waals surface area contributed by atoms with E-state index >= 15 is 0 Å². The van der Waals surface area contributed by atoms with Gasteiger partial charge in [0.1, 0.15) is 17.2 Å². The first kappa shape index (κ1) is 20.6. The topological polar surface area (TPSA) is 63.3 Å². The van der Waals surface area contributed by atoms with Gasteiger partial charge >= 0.3 is 0 Å². The zero-order valence-corrected chi connectivity index (χ0v) is 17.3. The van der Waals surface area contributed by atoms with E-state index in [1.54, 1.807) is 21.3 Å². The van der Waals surface area contributed by atoms with Gasteiger partial charge in [0.15, 0.2) is 0 Å². The molecule has 1 aliphatic heterocycles. The van der Waals surface area contributed by atoms with Gasteiger partial charge in [-0.05, 0) is 24.3 Å². The third-order valence-corrected chi connectivity index (χ3v) is 5.12. The van der Waals surface area contributed by atoms with E-state index in [2.05, 4.69) is 16.3 Å². The Hall–Kier alpha value is -3.09. The van der Waals surface area contributed by atoms with E-state index in [1.807, 2.05) is 41.3 Å². The van der Waals surface area contributed by atoms with Gasteiger partial charge in [0, 0.05) is 45.2 Å². The number of carbonyl (C=O) groups is 1. The van der Waals surface area contributed by atoms with Gasteiger partial charge in [0.25, 0.3) is 0 Å². The SMILES string of the molecule is COc1ccc(OC)c(NCCC(=O)N2CCN(c3ccccc3OC)CC2)c1. The fraction of sp³-hybridized carbons (Fsp3) is 0.409. The molecule has 1 amide bonds. The molecular formula is C22H29N3O4. The van der Waals surface area contributed by atoms with E-state index in [1.165, 1.54) is 0 Å². The molecule has 0 unspecified atom stereocenters. The lowest BCUT2D eigenvalue weighted by molar-refractivity contribution is -0.131. The summed E-state index contributed by atoms with van der Waals surface area (Å²) in [6.45, 7) is 3.54. The zero-order chi connectivity index (χ0) is 20.6. The minimum Gasteiger partial charge on any atom is -0.497 e. The highest BCUT2D eigenvalue weighted by molar-refractivity contribution is 5.77. The number of rotatable bonds is 8. The number of nitrogens with zero attached hydrogens (tertiary/aromatic N) is 2. The predicted octanol–water partition coefficient (Wildman–Crippen LogP) is 2.86. The average Bonchev–Trinajstić information content (AvgIpc) is 2.79. The molecule has 1 heterocycles. The van der Waals surface area contributed by atoms with Crippen molar-refractivity contribution in [2.45, 2.75) is 6.42 Å². The Bertz CT molecular complexity index is 819. The van der Waals surface area contributed by atoms with Crippen LogP contribution in [0.2, 0.25) is 0 Å². The fourth-order valence-corrected chi connectivity index (χ4v) is 3.50. The molecule has 1 saturated heterocycles. The number of ether oxygens (including phenoxy) is 3. The van der Waals surface area contributed by atoms with Crippen LogP contribution in [0.4, 0.5) is 11.4 Å². The predicted molar refractivity (Wildman–Crippen MR) is 114 cm³/mol. The van der Waals surface area contributed by atoms with Crippen LogP contribution in [0.25, 0.3) is 0 Å². The molecule has 0 radical (unpaired) electrons. The van der Waals surface area contributed by atoms with E-state index in [0.29, 0.717) is 26.1 Å². The van der Waals surface area contributed by atoms with Crippen molar-refractivity contribution in [2.24, 2.45) is 0 Å². The molecule has 0 bridgehead atoms. The van der Waals surface area contributed by atoms with Crippen molar-refractivity contribution in [2.75, 3.05) is 64.3 Å². The highest BCUT2D eigenvalue weighted by Gasteiger charge is 2.22. The van der Waals surface area contributed by atoms with Crippen LogP contribution in [0.3, 0.4) is 0 Å². The molecule has 1 aliphatic rings. The summed E-state index contributed by atoms with van der Waals surface area (Å²) in [5.41, 5.74) is 1.90. The first-order chi connectivity index (χ1) is 14.2. The maximum absolute atomic E-state index is 12.6. The van der Waals surface area contributed by atoms with Crippen LogP contribution in [0.5, 0.6) is 17.2 Å². The third kappa shape index (κ3) is 5.04.